The van der Waals surface area contributed by atoms with Gasteiger partial charge in [0.15, 0.2) is 0 Å². The van der Waals surface area contributed by atoms with Crippen LogP contribution in [0.3, 0.4) is 0 Å². The lowest BCUT2D eigenvalue weighted by molar-refractivity contribution is -0.122. The first-order valence-corrected chi connectivity index (χ1v) is 5.65. The van der Waals surface area contributed by atoms with E-state index in [4.69, 9.17) is 11.6 Å². The molecule has 0 spiro atoms. The van der Waals surface area contributed by atoms with E-state index < -0.39 is 0 Å². The molecule has 1 aromatic carbocycles. The maximum absolute atomic E-state index is 11.3. The van der Waals surface area contributed by atoms with E-state index in [0.29, 0.717) is 10.7 Å². The highest BCUT2D eigenvalue weighted by atomic mass is 79.9. The van der Waals surface area contributed by atoms with Gasteiger partial charge in [0.25, 0.3) is 0 Å². The summed E-state index contributed by atoms with van der Waals surface area (Å²) >= 11 is 9.10. The molecule has 0 saturated heterocycles. The van der Waals surface area contributed by atoms with Gasteiger partial charge in [-0.2, -0.15) is 0 Å². The molecule has 2 N–H and O–H groups in total. The van der Waals surface area contributed by atoms with Crippen molar-refractivity contribution >= 4 is 45.0 Å². The SMILES string of the molecule is CC(=O)NCC(=O)Nc1ccc(Br)c(Cl)c1. The molecular weight excluding hydrogens is 295 g/mol. The van der Waals surface area contributed by atoms with Crippen LogP contribution in [0.25, 0.3) is 0 Å². The van der Waals surface area contributed by atoms with Crippen LogP contribution >= 0.6 is 27.5 Å². The Morgan fingerprint density at radius 1 is 1.44 bits per heavy atom. The third-order valence-electron chi connectivity index (χ3n) is 1.70. The lowest BCUT2D eigenvalue weighted by atomic mass is 10.3. The molecule has 0 fully saturated rings. The molecule has 0 atom stereocenters. The van der Waals surface area contributed by atoms with Gasteiger partial charge in [0, 0.05) is 17.1 Å². The second-order valence-electron chi connectivity index (χ2n) is 3.09. The average molecular weight is 306 g/mol. The van der Waals surface area contributed by atoms with Crippen LogP contribution in [-0.4, -0.2) is 18.4 Å². The van der Waals surface area contributed by atoms with Gasteiger partial charge < -0.3 is 10.6 Å². The lowest BCUT2D eigenvalue weighted by Gasteiger charge is -2.06. The Morgan fingerprint density at radius 2 is 2.12 bits per heavy atom. The number of amides is 2. The van der Waals surface area contributed by atoms with Gasteiger partial charge in [-0.15, -0.1) is 0 Å². The summed E-state index contributed by atoms with van der Waals surface area (Å²) in [5.74, 6) is -0.544. The molecule has 0 aliphatic carbocycles. The summed E-state index contributed by atoms with van der Waals surface area (Å²) in [4.78, 5) is 21.9. The Labute approximate surface area is 106 Å². The van der Waals surface area contributed by atoms with Gasteiger partial charge in [-0.3, -0.25) is 9.59 Å². The summed E-state index contributed by atoms with van der Waals surface area (Å²) in [6.07, 6.45) is 0. The molecule has 6 heteroatoms. The van der Waals surface area contributed by atoms with Crippen LogP contribution in [0, 0.1) is 0 Å². The van der Waals surface area contributed by atoms with E-state index in [1.54, 1.807) is 18.2 Å². The molecule has 0 heterocycles. The fourth-order valence-corrected chi connectivity index (χ4v) is 1.41. The van der Waals surface area contributed by atoms with Gasteiger partial charge in [-0.25, -0.2) is 0 Å². The predicted molar refractivity (Wildman–Crippen MR) is 66.5 cm³/mol. The van der Waals surface area contributed by atoms with Crippen molar-refractivity contribution in [2.75, 3.05) is 11.9 Å². The van der Waals surface area contributed by atoms with Crippen LogP contribution in [0.15, 0.2) is 22.7 Å². The second kappa shape index (κ2) is 5.86. The van der Waals surface area contributed by atoms with Crippen molar-refractivity contribution in [2.24, 2.45) is 0 Å². The molecule has 16 heavy (non-hydrogen) atoms. The number of anilines is 1. The number of hydrogen-bond acceptors (Lipinski definition) is 2. The molecule has 0 bridgehead atoms. The summed E-state index contributed by atoms with van der Waals surface area (Å²) < 4.78 is 0.758. The topological polar surface area (TPSA) is 58.2 Å². The van der Waals surface area contributed by atoms with Crippen LogP contribution in [0.4, 0.5) is 5.69 Å². The first-order chi connectivity index (χ1) is 7.49. The van der Waals surface area contributed by atoms with E-state index in [1.165, 1.54) is 6.92 Å². The van der Waals surface area contributed by atoms with Crippen molar-refractivity contribution in [1.82, 2.24) is 5.32 Å². The zero-order valence-corrected chi connectivity index (χ0v) is 10.9. The highest BCUT2D eigenvalue weighted by molar-refractivity contribution is 9.10. The second-order valence-corrected chi connectivity index (χ2v) is 4.35. The number of carbonyl (C=O) groups excluding carboxylic acids is 2. The standard InChI is InChI=1S/C10H10BrClN2O2/c1-6(15)13-5-10(16)14-7-2-3-8(11)9(12)4-7/h2-4H,5H2,1H3,(H,13,15)(H,14,16). The lowest BCUT2D eigenvalue weighted by Crippen LogP contribution is -2.31. The summed E-state index contributed by atoms with van der Waals surface area (Å²) in [6, 6.07) is 5.06. The number of benzene rings is 1. The molecule has 0 saturated carbocycles. The molecule has 4 nitrogen and oxygen atoms in total. The number of rotatable bonds is 3. The van der Waals surface area contributed by atoms with E-state index >= 15 is 0 Å². The fraction of sp³-hybridized carbons (Fsp3) is 0.200. The van der Waals surface area contributed by atoms with Crippen molar-refractivity contribution < 1.29 is 9.59 Å². The molecule has 0 aliphatic heterocycles. The highest BCUT2D eigenvalue weighted by Crippen LogP contribution is 2.25. The van der Waals surface area contributed by atoms with Gasteiger partial charge in [-0.05, 0) is 34.1 Å². The van der Waals surface area contributed by atoms with Crippen LogP contribution < -0.4 is 10.6 Å². The number of nitrogens with one attached hydrogen (secondary N) is 2. The monoisotopic (exact) mass is 304 g/mol. The van der Waals surface area contributed by atoms with Crippen molar-refractivity contribution in [2.45, 2.75) is 6.92 Å². The van der Waals surface area contributed by atoms with E-state index in [1.807, 2.05) is 0 Å². The van der Waals surface area contributed by atoms with Gasteiger partial charge in [0.05, 0.1) is 11.6 Å². The Morgan fingerprint density at radius 3 is 2.69 bits per heavy atom. The normalized spacial score (nSPS) is 9.69. The molecule has 0 aromatic heterocycles. The maximum atomic E-state index is 11.3. The van der Waals surface area contributed by atoms with Gasteiger partial charge >= 0.3 is 0 Å². The number of halogens is 2. The van der Waals surface area contributed by atoms with E-state index in [0.717, 1.165) is 4.47 Å². The minimum Gasteiger partial charge on any atom is -0.347 e. The van der Waals surface area contributed by atoms with Gasteiger partial charge in [-0.1, -0.05) is 11.6 Å². The summed E-state index contributed by atoms with van der Waals surface area (Å²) in [5.41, 5.74) is 0.587. The largest absolute Gasteiger partial charge is 0.347 e. The average Bonchev–Trinajstić information content (AvgIpc) is 2.21. The van der Waals surface area contributed by atoms with E-state index in [2.05, 4.69) is 26.6 Å². The van der Waals surface area contributed by atoms with Crippen molar-refractivity contribution in [3.63, 3.8) is 0 Å². The smallest absolute Gasteiger partial charge is 0.243 e. The van der Waals surface area contributed by atoms with Crippen molar-refractivity contribution in [3.8, 4) is 0 Å². The molecule has 0 unspecified atom stereocenters. The first kappa shape index (κ1) is 13.0. The Bertz CT molecular complexity index is 423. The quantitative estimate of drug-likeness (QED) is 0.899. The summed E-state index contributed by atoms with van der Waals surface area (Å²) in [5, 5.41) is 5.52. The highest BCUT2D eigenvalue weighted by Gasteiger charge is 2.04. The van der Waals surface area contributed by atoms with Crippen LogP contribution in [0.2, 0.25) is 5.02 Å². The Kier molecular flexibility index (Phi) is 4.76. The van der Waals surface area contributed by atoms with Gasteiger partial charge in [0.1, 0.15) is 0 Å². The minimum absolute atomic E-state index is 0.0526. The molecule has 0 radical (unpaired) electrons. The first-order valence-electron chi connectivity index (χ1n) is 4.48. The molecule has 1 rings (SSSR count). The van der Waals surface area contributed by atoms with Crippen LogP contribution in [0.1, 0.15) is 6.92 Å². The summed E-state index contributed by atoms with van der Waals surface area (Å²) in [6.45, 7) is 1.30. The molecule has 2 amide bonds. The Hall–Kier alpha value is -1.07. The third-order valence-corrected chi connectivity index (χ3v) is 2.93. The van der Waals surface area contributed by atoms with E-state index in [-0.39, 0.29) is 18.4 Å². The van der Waals surface area contributed by atoms with E-state index in [9.17, 15) is 9.59 Å². The summed E-state index contributed by atoms with van der Waals surface area (Å²) in [7, 11) is 0. The molecule has 0 aliphatic rings. The molecule has 1 aromatic rings. The van der Waals surface area contributed by atoms with Crippen LogP contribution in [-0.2, 0) is 9.59 Å². The molecule has 86 valence electrons. The van der Waals surface area contributed by atoms with Crippen molar-refractivity contribution in [1.29, 1.82) is 0 Å². The van der Waals surface area contributed by atoms with Crippen molar-refractivity contribution in [3.05, 3.63) is 27.7 Å². The van der Waals surface area contributed by atoms with Gasteiger partial charge in [0.2, 0.25) is 11.8 Å². The fourth-order valence-electron chi connectivity index (χ4n) is 0.984. The maximum Gasteiger partial charge on any atom is 0.243 e. The van der Waals surface area contributed by atoms with Crippen LogP contribution in [0.5, 0.6) is 0 Å². The predicted octanol–water partition coefficient (Wildman–Crippen LogP) is 2.18. The minimum atomic E-state index is -0.298. The number of carbonyl (C=O) groups is 2. The zero-order valence-electron chi connectivity index (χ0n) is 8.51. The third kappa shape index (κ3) is 4.20. The molecular formula is C10H10BrClN2O2. The number of hydrogen-bond donors (Lipinski definition) is 2. The Balaban J connectivity index is 2.56. The zero-order chi connectivity index (χ0) is 12.1.